The number of benzene rings is 1. The fraction of sp³-hybridized carbons (Fsp3) is 0.333. The van der Waals surface area contributed by atoms with E-state index in [1.807, 2.05) is 12.1 Å². The van der Waals surface area contributed by atoms with Gasteiger partial charge in [-0.3, -0.25) is 0 Å². The molecule has 0 N–H and O–H groups in total. The van der Waals surface area contributed by atoms with Crippen molar-refractivity contribution < 1.29 is 9.47 Å². The number of ether oxygens (including phenoxy) is 2. The molecule has 4 heteroatoms. The molecule has 0 aliphatic rings. The molecule has 72 valence electrons. The Kier molecular flexibility index (Phi) is 4.68. The number of rotatable bonds is 4. The number of methoxy groups -OCH3 is 2. The molecule has 0 saturated heterocycles. The minimum atomic E-state index is 0.574. The molecule has 0 saturated carbocycles. The van der Waals surface area contributed by atoms with Gasteiger partial charge in [0.15, 0.2) is 0 Å². The third kappa shape index (κ3) is 2.92. The van der Waals surface area contributed by atoms with E-state index in [0.29, 0.717) is 26.3 Å². The Morgan fingerprint density at radius 2 is 1.92 bits per heavy atom. The van der Waals surface area contributed by atoms with E-state index >= 15 is 0 Å². The van der Waals surface area contributed by atoms with Crippen molar-refractivity contribution in [2.75, 3.05) is 14.2 Å². The van der Waals surface area contributed by atoms with Crippen molar-refractivity contribution in [3.63, 3.8) is 0 Å². The van der Waals surface area contributed by atoms with Crippen LogP contribution in [0.15, 0.2) is 18.2 Å². The maximum absolute atomic E-state index is 5.29. The second-order valence-corrected chi connectivity index (χ2v) is 9.69. The van der Waals surface area contributed by atoms with E-state index in [1.54, 1.807) is 14.2 Å². The third-order valence-electron chi connectivity index (χ3n) is 1.54. The Labute approximate surface area is 89.9 Å². The van der Waals surface area contributed by atoms with Crippen LogP contribution in [-0.4, -0.2) is 40.5 Å². The number of hydrogen-bond acceptors (Lipinski definition) is 2. The molecular weight excluding hydrogens is 298 g/mol. The van der Waals surface area contributed by atoms with Crippen molar-refractivity contribution in [2.24, 2.45) is 0 Å². The van der Waals surface area contributed by atoms with Gasteiger partial charge in [-0.15, -0.1) is 0 Å². The molecule has 1 aromatic rings. The molecule has 1 aromatic carbocycles. The van der Waals surface area contributed by atoms with Gasteiger partial charge in [0.1, 0.15) is 0 Å². The average Bonchev–Trinajstić information content (AvgIpc) is 2.19. The Balaban J connectivity index is 2.93. The zero-order valence-corrected chi connectivity index (χ0v) is 11.3. The summed E-state index contributed by atoms with van der Waals surface area (Å²) in [5, 5.41) is 0. The summed E-state index contributed by atoms with van der Waals surface area (Å²) in [6, 6.07) is 6.04. The van der Waals surface area contributed by atoms with Crippen molar-refractivity contribution in [1.82, 2.24) is 0 Å². The van der Waals surface area contributed by atoms with Gasteiger partial charge >= 0.3 is 89.9 Å². The molecule has 2 nitrogen and oxygen atoms in total. The predicted octanol–water partition coefficient (Wildman–Crippen LogP) is 0.701. The van der Waals surface area contributed by atoms with Crippen molar-refractivity contribution in [3.05, 3.63) is 18.2 Å². The van der Waals surface area contributed by atoms with Crippen LogP contribution in [-0.2, 0) is 0 Å². The minimum absolute atomic E-state index is 0.574. The average molecular weight is 310 g/mol. The zero-order chi connectivity index (χ0) is 9.68. The molecule has 0 amide bonds. The van der Waals surface area contributed by atoms with Gasteiger partial charge in [0.2, 0.25) is 0 Å². The summed E-state index contributed by atoms with van der Waals surface area (Å²) in [4.78, 5) is 0. The third-order valence-corrected chi connectivity index (χ3v) is 6.75. The molecule has 0 atom stereocenters. The summed E-state index contributed by atoms with van der Waals surface area (Å²) in [5.41, 5.74) is 0. The number of hydrogen-bond donors (Lipinski definition) is 0. The standard InChI is InChI=1S/C9H12O2Se2/c1-10-7-4-5-9(13-12-3)8(6-7)11-2/h4-6H,1-3H3. The van der Waals surface area contributed by atoms with Gasteiger partial charge in [0.05, 0.1) is 0 Å². The van der Waals surface area contributed by atoms with E-state index in [-0.39, 0.29) is 0 Å². The molecule has 0 spiro atoms. The van der Waals surface area contributed by atoms with Crippen molar-refractivity contribution in [1.29, 1.82) is 0 Å². The van der Waals surface area contributed by atoms with Gasteiger partial charge in [-0.25, -0.2) is 0 Å². The first-order chi connectivity index (χ1) is 6.31. The molecule has 13 heavy (non-hydrogen) atoms. The summed E-state index contributed by atoms with van der Waals surface area (Å²) in [7, 11) is 3.38. The normalized spacial score (nSPS) is 9.77. The molecule has 0 aliphatic heterocycles. The summed E-state index contributed by atoms with van der Waals surface area (Å²) in [6.45, 7) is 0. The van der Waals surface area contributed by atoms with Gasteiger partial charge in [0, 0.05) is 0 Å². The second-order valence-electron chi connectivity index (χ2n) is 2.27. The van der Waals surface area contributed by atoms with Crippen LogP contribution >= 0.6 is 0 Å². The van der Waals surface area contributed by atoms with Gasteiger partial charge in [-0.1, -0.05) is 0 Å². The van der Waals surface area contributed by atoms with Gasteiger partial charge in [0.25, 0.3) is 0 Å². The zero-order valence-electron chi connectivity index (χ0n) is 7.87. The van der Waals surface area contributed by atoms with Crippen LogP contribution in [0.4, 0.5) is 0 Å². The quantitative estimate of drug-likeness (QED) is 0.762. The fourth-order valence-electron chi connectivity index (χ4n) is 0.934. The molecule has 1 rings (SSSR count). The molecule has 0 heterocycles. The Morgan fingerprint density at radius 3 is 2.46 bits per heavy atom. The van der Waals surface area contributed by atoms with Crippen LogP contribution in [0.3, 0.4) is 0 Å². The molecule has 0 unspecified atom stereocenters. The second kappa shape index (κ2) is 5.56. The molecule has 0 fully saturated rings. The Bertz CT molecular complexity index is 276. The summed E-state index contributed by atoms with van der Waals surface area (Å²) in [5.74, 6) is 4.07. The van der Waals surface area contributed by atoms with Crippen molar-refractivity contribution in [2.45, 2.75) is 5.82 Å². The fourth-order valence-corrected chi connectivity index (χ4v) is 5.50. The Morgan fingerprint density at radius 1 is 1.15 bits per heavy atom. The Hall–Kier alpha value is -0.141. The first-order valence-corrected chi connectivity index (χ1v) is 10.6. The van der Waals surface area contributed by atoms with Crippen molar-refractivity contribution in [3.8, 4) is 11.5 Å². The van der Waals surface area contributed by atoms with E-state index in [1.165, 1.54) is 4.46 Å². The van der Waals surface area contributed by atoms with Crippen LogP contribution in [0.1, 0.15) is 0 Å². The summed E-state index contributed by atoms with van der Waals surface area (Å²) >= 11 is 1.28. The molecule has 0 radical (unpaired) electrons. The van der Waals surface area contributed by atoms with Crippen LogP contribution in [0, 0.1) is 0 Å². The van der Waals surface area contributed by atoms with Crippen LogP contribution in [0.5, 0.6) is 11.5 Å². The summed E-state index contributed by atoms with van der Waals surface area (Å²) in [6.07, 6.45) is 0. The topological polar surface area (TPSA) is 18.5 Å². The maximum atomic E-state index is 5.29. The molecular formula is C9H12O2Se2. The predicted molar refractivity (Wildman–Crippen MR) is 56.6 cm³/mol. The van der Waals surface area contributed by atoms with Gasteiger partial charge in [-0.2, -0.15) is 0 Å². The summed E-state index contributed by atoms with van der Waals surface area (Å²) < 4.78 is 11.7. The van der Waals surface area contributed by atoms with E-state index in [4.69, 9.17) is 9.47 Å². The van der Waals surface area contributed by atoms with E-state index in [2.05, 4.69) is 11.9 Å². The van der Waals surface area contributed by atoms with Crippen molar-refractivity contribution >= 4 is 30.7 Å². The molecule has 0 aliphatic carbocycles. The van der Waals surface area contributed by atoms with Crippen LogP contribution < -0.4 is 13.9 Å². The van der Waals surface area contributed by atoms with Gasteiger partial charge in [-0.05, 0) is 0 Å². The SMILES string of the molecule is COc1ccc([Se][Se]C)c(OC)c1. The molecule has 0 aromatic heterocycles. The molecule has 0 bridgehead atoms. The van der Waals surface area contributed by atoms with E-state index in [0.717, 1.165) is 11.5 Å². The first-order valence-electron chi connectivity index (χ1n) is 3.74. The van der Waals surface area contributed by atoms with E-state index < -0.39 is 0 Å². The van der Waals surface area contributed by atoms with E-state index in [9.17, 15) is 0 Å². The van der Waals surface area contributed by atoms with Gasteiger partial charge < -0.3 is 0 Å². The van der Waals surface area contributed by atoms with Crippen LogP contribution in [0.2, 0.25) is 5.82 Å². The van der Waals surface area contributed by atoms with Crippen LogP contribution in [0.25, 0.3) is 0 Å². The first kappa shape index (κ1) is 10.9. The monoisotopic (exact) mass is 312 g/mol.